The molecule has 10 heteroatoms. The molecule has 0 bridgehead atoms. The van der Waals surface area contributed by atoms with Crippen LogP contribution in [0.4, 0.5) is 5.95 Å². The summed E-state index contributed by atoms with van der Waals surface area (Å²) in [6.45, 7) is 5.03. The lowest BCUT2D eigenvalue weighted by atomic mass is 10.1. The lowest BCUT2D eigenvalue weighted by molar-refractivity contribution is 0.0593. The molecule has 1 saturated heterocycles. The largest absolute Gasteiger partial charge is 0.476 e. The predicted octanol–water partition coefficient (Wildman–Crippen LogP) is 1.27. The number of hydrogen-bond acceptors (Lipinski definition) is 9. The standard InChI is InChI=1S/C13H19N3O3.C6H6N2O2/c1-3-10-8(2)14-13(15-11(10)12(18)19)16-6-4-9(17)5-7-16;1-10-6(9)5-2-3-7-4-8-5/h9,17H,3-7H2,1-2H3,(H,18,19);2-4H,1H3. The number of carboxylic acids is 1. The van der Waals surface area contributed by atoms with Crippen molar-refractivity contribution < 1.29 is 24.5 Å². The SMILES string of the molecule is CCc1c(C)nc(N2CCC(O)CC2)nc1C(=O)O.COC(=O)c1ccncn1. The highest BCUT2D eigenvalue weighted by atomic mass is 16.5. The van der Waals surface area contributed by atoms with Crippen LogP contribution in [0, 0.1) is 6.92 Å². The number of aryl methyl sites for hydroxylation is 1. The number of hydrogen-bond donors (Lipinski definition) is 2. The van der Waals surface area contributed by atoms with Crippen LogP contribution in [-0.2, 0) is 11.2 Å². The third-order valence-electron chi connectivity index (χ3n) is 4.48. The summed E-state index contributed by atoms with van der Waals surface area (Å²) < 4.78 is 4.41. The number of carboxylic acid groups (broad SMARTS) is 1. The van der Waals surface area contributed by atoms with Gasteiger partial charge in [0.05, 0.1) is 13.2 Å². The van der Waals surface area contributed by atoms with Crippen molar-refractivity contribution >= 4 is 17.9 Å². The summed E-state index contributed by atoms with van der Waals surface area (Å²) in [6, 6.07) is 1.49. The maximum absolute atomic E-state index is 11.3. The Hall–Kier alpha value is -3.14. The van der Waals surface area contributed by atoms with Gasteiger partial charge < -0.3 is 19.8 Å². The van der Waals surface area contributed by atoms with E-state index in [1.54, 1.807) is 0 Å². The number of aliphatic hydroxyl groups excluding tert-OH is 1. The number of piperidine rings is 1. The van der Waals surface area contributed by atoms with Gasteiger partial charge in [-0.2, -0.15) is 0 Å². The molecular weight excluding hydrogens is 378 g/mol. The zero-order chi connectivity index (χ0) is 21.4. The second-order valence-corrected chi connectivity index (χ2v) is 6.40. The van der Waals surface area contributed by atoms with E-state index in [0.717, 1.165) is 5.69 Å². The van der Waals surface area contributed by atoms with Gasteiger partial charge in [-0.3, -0.25) is 0 Å². The highest BCUT2D eigenvalue weighted by molar-refractivity contribution is 5.88. The predicted molar refractivity (Wildman–Crippen MR) is 104 cm³/mol. The van der Waals surface area contributed by atoms with Crippen molar-refractivity contribution in [1.82, 2.24) is 19.9 Å². The minimum absolute atomic E-state index is 0.0936. The summed E-state index contributed by atoms with van der Waals surface area (Å²) in [5.41, 5.74) is 1.78. The average molecular weight is 403 g/mol. The number of rotatable bonds is 4. The van der Waals surface area contributed by atoms with Gasteiger partial charge in [0.2, 0.25) is 5.95 Å². The lowest BCUT2D eigenvalue weighted by Gasteiger charge is -2.30. The average Bonchev–Trinajstić information content (AvgIpc) is 2.74. The molecule has 3 rings (SSSR count). The molecule has 2 aromatic heterocycles. The van der Waals surface area contributed by atoms with Crippen LogP contribution in [0.5, 0.6) is 0 Å². The van der Waals surface area contributed by atoms with Crippen LogP contribution in [0.25, 0.3) is 0 Å². The highest BCUT2D eigenvalue weighted by Crippen LogP contribution is 2.20. The Balaban J connectivity index is 0.000000253. The van der Waals surface area contributed by atoms with Crippen LogP contribution in [-0.4, -0.2) is 68.4 Å². The number of aromatic carboxylic acids is 1. The van der Waals surface area contributed by atoms with Crippen molar-refractivity contribution in [3.05, 3.63) is 41.2 Å². The minimum Gasteiger partial charge on any atom is -0.476 e. The van der Waals surface area contributed by atoms with E-state index in [0.29, 0.717) is 43.9 Å². The third kappa shape index (κ3) is 5.92. The normalized spacial score (nSPS) is 14.0. The molecule has 10 nitrogen and oxygen atoms in total. The van der Waals surface area contributed by atoms with E-state index in [-0.39, 0.29) is 17.5 Å². The molecule has 1 fully saturated rings. The molecule has 0 aliphatic carbocycles. The molecule has 0 amide bonds. The first-order valence-corrected chi connectivity index (χ1v) is 9.25. The summed E-state index contributed by atoms with van der Waals surface area (Å²) in [4.78, 5) is 39.8. The van der Waals surface area contributed by atoms with Crippen LogP contribution in [0.3, 0.4) is 0 Å². The molecule has 3 heterocycles. The van der Waals surface area contributed by atoms with Gasteiger partial charge in [-0.1, -0.05) is 6.92 Å². The highest BCUT2D eigenvalue weighted by Gasteiger charge is 2.22. The monoisotopic (exact) mass is 403 g/mol. The number of carbonyl (C=O) groups is 2. The molecule has 0 radical (unpaired) electrons. The van der Waals surface area contributed by atoms with Crippen molar-refractivity contribution in [2.24, 2.45) is 0 Å². The van der Waals surface area contributed by atoms with E-state index in [4.69, 9.17) is 0 Å². The van der Waals surface area contributed by atoms with Gasteiger partial charge in [-0.25, -0.2) is 29.5 Å². The van der Waals surface area contributed by atoms with Gasteiger partial charge in [0.15, 0.2) is 11.4 Å². The number of ether oxygens (including phenoxy) is 1. The summed E-state index contributed by atoms with van der Waals surface area (Å²) in [5, 5.41) is 18.7. The van der Waals surface area contributed by atoms with Crippen LogP contribution < -0.4 is 4.90 Å². The molecule has 29 heavy (non-hydrogen) atoms. The summed E-state index contributed by atoms with van der Waals surface area (Å²) in [6.07, 6.45) is 4.45. The number of carbonyl (C=O) groups excluding carboxylic acids is 1. The Kier molecular flexibility index (Phi) is 7.96. The lowest BCUT2D eigenvalue weighted by Crippen LogP contribution is -2.37. The molecule has 156 valence electrons. The number of esters is 1. The zero-order valence-corrected chi connectivity index (χ0v) is 16.7. The van der Waals surface area contributed by atoms with Gasteiger partial charge in [0.1, 0.15) is 6.33 Å². The minimum atomic E-state index is -1.01. The molecule has 0 aromatic carbocycles. The smallest absolute Gasteiger partial charge is 0.356 e. The molecule has 1 aliphatic rings. The molecule has 1 aliphatic heterocycles. The van der Waals surface area contributed by atoms with Crippen molar-refractivity contribution in [2.75, 3.05) is 25.1 Å². The molecule has 0 spiro atoms. The molecule has 2 N–H and O–H groups in total. The van der Waals surface area contributed by atoms with E-state index in [9.17, 15) is 19.8 Å². The molecular formula is C19H25N5O5. The molecule has 0 saturated carbocycles. The number of aromatic nitrogens is 4. The van der Waals surface area contributed by atoms with E-state index in [1.807, 2.05) is 18.7 Å². The number of methoxy groups -OCH3 is 1. The second-order valence-electron chi connectivity index (χ2n) is 6.40. The maximum atomic E-state index is 11.3. The fraction of sp³-hybridized carbons (Fsp3) is 0.474. The van der Waals surface area contributed by atoms with Gasteiger partial charge in [-0.15, -0.1) is 0 Å². The van der Waals surface area contributed by atoms with E-state index in [1.165, 1.54) is 25.7 Å². The Labute approximate surface area is 168 Å². The maximum Gasteiger partial charge on any atom is 0.356 e. The van der Waals surface area contributed by atoms with Gasteiger partial charge in [-0.05, 0) is 32.3 Å². The van der Waals surface area contributed by atoms with E-state index >= 15 is 0 Å². The first kappa shape index (κ1) is 22.2. The van der Waals surface area contributed by atoms with Crippen LogP contribution in [0.15, 0.2) is 18.6 Å². The van der Waals surface area contributed by atoms with Crippen molar-refractivity contribution in [1.29, 1.82) is 0 Å². The Bertz CT molecular complexity index is 838. The quantitative estimate of drug-likeness (QED) is 0.717. The van der Waals surface area contributed by atoms with Gasteiger partial charge >= 0.3 is 11.9 Å². The molecule has 0 atom stereocenters. The first-order valence-electron chi connectivity index (χ1n) is 9.25. The zero-order valence-electron chi connectivity index (χ0n) is 16.7. The van der Waals surface area contributed by atoms with Crippen LogP contribution in [0.1, 0.15) is 52.0 Å². The number of anilines is 1. The fourth-order valence-corrected chi connectivity index (χ4v) is 2.90. The Morgan fingerprint density at radius 1 is 1.28 bits per heavy atom. The number of nitrogens with zero attached hydrogens (tertiary/aromatic N) is 5. The van der Waals surface area contributed by atoms with Crippen molar-refractivity contribution in [3.63, 3.8) is 0 Å². The first-order chi connectivity index (χ1) is 13.9. The van der Waals surface area contributed by atoms with Gasteiger partial charge in [0, 0.05) is 30.5 Å². The van der Waals surface area contributed by atoms with Gasteiger partial charge in [0.25, 0.3) is 0 Å². The van der Waals surface area contributed by atoms with Crippen molar-refractivity contribution in [2.45, 2.75) is 39.2 Å². The van der Waals surface area contributed by atoms with Crippen LogP contribution in [0.2, 0.25) is 0 Å². The Morgan fingerprint density at radius 2 is 1.97 bits per heavy atom. The number of aliphatic hydroxyl groups is 1. The molecule has 2 aromatic rings. The molecule has 0 unspecified atom stereocenters. The topological polar surface area (TPSA) is 139 Å². The van der Waals surface area contributed by atoms with Crippen molar-refractivity contribution in [3.8, 4) is 0 Å². The summed E-state index contributed by atoms with van der Waals surface area (Å²) in [7, 11) is 1.31. The summed E-state index contributed by atoms with van der Waals surface area (Å²) >= 11 is 0. The van der Waals surface area contributed by atoms with E-state index in [2.05, 4.69) is 24.7 Å². The third-order valence-corrected chi connectivity index (χ3v) is 4.48. The van der Waals surface area contributed by atoms with E-state index < -0.39 is 11.9 Å². The fourth-order valence-electron chi connectivity index (χ4n) is 2.90. The summed E-state index contributed by atoms with van der Waals surface area (Å²) in [5.74, 6) is -0.998. The second kappa shape index (κ2) is 10.4. The Morgan fingerprint density at radius 3 is 2.48 bits per heavy atom. The van der Waals surface area contributed by atoms with Crippen LogP contribution >= 0.6 is 0 Å².